The summed E-state index contributed by atoms with van der Waals surface area (Å²) >= 11 is 0. The minimum Gasteiger partial charge on any atom is -0.481 e. The zero-order valence-corrected chi connectivity index (χ0v) is 15.8. The van der Waals surface area contributed by atoms with Gasteiger partial charge in [0.05, 0.1) is 6.10 Å². The SMILES string of the molecule is C[C@H](CC[C@]1(C)[C@H]2C[C@H](O)C=C(C(=O)O)[C@@]2(C)CC[C@@H]1C)CC(=O)O. The molecule has 0 aliphatic heterocycles. The number of aliphatic hydroxyl groups is 1. The number of hydrogen-bond donors (Lipinski definition) is 3. The van der Waals surface area contributed by atoms with Crippen LogP contribution >= 0.6 is 0 Å². The second kappa shape index (κ2) is 7.10. The molecular weight excluding hydrogens is 320 g/mol. The molecule has 2 rings (SSSR count). The summed E-state index contributed by atoms with van der Waals surface area (Å²) in [7, 11) is 0. The van der Waals surface area contributed by atoms with E-state index in [1.807, 2.05) is 13.8 Å². The van der Waals surface area contributed by atoms with Gasteiger partial charge in [0, 0.05) is 17.4 Å². The Morgan fingerprint density at radius 1 is 1.32 bits per heavy atom. The summed E-state index contributed by atoms with van der Waals surface area (Å²) in [6.45, 7) is 8.42. The van der Waals surface area contributed by atoms with Gasteiger partial charge in [-0.2, -0.15) is 0 Å². The normalized spacial score (nSPS) is 39.2. The van der Waals surface area contributed by atoms with Gasteiger partial charge in [0.2, 0.25) is 0 Å². The Morgan fingerprint density at radius 3 is 2.52 bits per heavy atom. The van der Waals surface area contributed by atoms with E-state index in [9.17, 15) is 19.8 Å². The molecular formula is C20H32O5. The molecule has 0 aromatic carbocycles. The lowest BCUT2D eigenvalue weighted by Gasteiger charge is -2.58. The van der Waals surface area contributed by atoms with Crippen LogP contribution in [0.25, 0.3) is 0 Å². The summed E-state index contributed by atoms with van der Waals surface area (Å²) in [5.41, 5.74) is -0.175. The van der Waals surface area contributed by atoms with E-state index >= 15 is 0 Å². The van der Waals surface area contributed by atoms with Crippen LogP contribution in [0, 0.1) is 28.6 Å². The molecule has 1 saturated carbocycles. The average Bonchev–Trinajstić information content (AvgIpc) is 2.50. The number of rotatable bonds is 6. The van der Waals surface area contributed by atoms with Crippen LogP contribution < -0.4 is 0 Å². The highest BCUT2D eigenvalue weighted by molar-refractivity contribution is 5.88. The molecule has 3 N–H and O–H groups in total. The van der Waals surface area contributed by atoms with E-state index in [1.54, 1.807) is 0 Å². The number of aliphatic carboxylic acids is 2. The Bertz CT molecular complexity index is 568. The number of hydrogen-bond acceptors (Lipinski definition) is 3. The van der Waals surface area contributed by atoms with Crippen molar-refractivity contribution in [1.29, 1.82) is 0 Å². The summed E-state index contributed by atoms with van der Waals surface area (Å²) in [5.74, 6) is -1.10. The van der Waals surface area contributed by atoms with E-state index < -0.39 is 23.5 Å². The first kappa shape index (κ1) is 20.0. The van der Waals surface area contributed by atoms with E-state index in [1.165, 1.54) is 6.08 Å². The summed E-state index contributed by atoms with van der Waals surface area (Å²) in [6.07, 6.45) is 5.01. The fourth-order valence-corrected chi connectivity index (χ4v) is 5.33. The first-order chi connectivity index (χ1) is 11.5. The molecule has 0 saturated heterocycles. The predicted octanol–water partition coefficient (Wildman–Crippen LogP) is 3.71. The van der Waals surface area contributed by atoms with Crippen LogP contribution in [0.5, 0.6) is 0 Å². The molecule has 0 amide bonds. The fourth-order valence-electron chi connectivity index (χ4n) is 5.33. The molecule has 2 aliphatic carbocycles. The topological polar surface area (TPSA) is 94.8 Å². The van der Waals surface area contributed by atoms with Crippen molar-refractivity contribution in [3.63, 3.8) is 0 Å². The zero-order chi connectivity index (χ0) is 19.0. The fraction of sp³-hybridized carbons (Fsp3) is 0.800. The van der Waals surface area contributed by atoms with Gasteiger partial charge in [-0.05, 0) is 61.3 Å². The molecule has 0 unspecified atom stereocenters. The highest BCUT2D eigenvalue weighted by atomic mass is 16.4. The van der Waals surface area contributed by atoms with E-state index in [0.29, 0.717) is 17.9 Å². The van der Waals surface area contributed by atoms with Crippen LogP contribution in [-0.4, -0.2) is 33.4 Å². The van der Waals surface area contributed by atoms with Crippen molar-refractivity contribution in [3.8, 4) is 0 Å². The molecule has 5 nitrogen and oxygen atoms in total. The third-order valence-electron chi connectivity index (χ3n) is 7.17. The van der Waals surface area contributed by atoms with Crippen LogP contribution in [0.4, 0.5) is 0 Å². The number of carboxylic acid groups (broad SMARTS) is 2. The van der Waals surface area contributed by atoms with Gasteiger partial charge in [-0.25, -0.2) is 4.79 Å². The molecule has 0 heterocycles. The maximum absolute atomic E-state index is 11.8. The molecule has 142 valence electrons. The van der Waals surface area contributed by atoms with Crippen LogP contribution in [0.15, 0.2) is 11.6 Å². The third-order valence-corrected chi connectivity index (χ3v) is 7.17. The molecule has 0 bridgehead atoms. The van der Waals surface area contributed by atoms with E-state index in [0.717, 1.165) is 25.7 Å². The minimum atomic E-state index is -0.928. The zero-order valence-electron chi connectivity index (χ0n) is 15.8. The highest BCUT2D eigenvalue weighted by Gasteiger charge is 2.56. The van der Waals surface area contributed by atoms with Crippen molar-refractivity contribution in [3.05, 3.63) is 11.6 Å². The predicted molar refractivity (Wildman–Crippen MR) is 95.1 cm³/mol. The quantitative estimate of drug-likeness (QED) is 0.677. The van der Waals surface area contributed by atoms with Crippen molar-refractivity contribution < 1.29 is 24.9 Å². The van der Waals surface area contributed by atoms with Crippen LogP contribution in [0.3, 0.4) is 0 Å². The van der Waals surface area contributed by atoms with Gasteiger partial charge in [0.15, 0.2) is 0 Å². The standard InChI is InChI=1S/C20H32O5/c1-12(9-17(22)23)5-7-19(3)13(2)6-8-20(4)15(18(24)25)10-14(21)11-16(19)20/h10,12-14,16,21H,5-9,11H2,1-4H3,(H,22,23)(H,24,25)/t12-,13+,14-,16-,19+,20-/m1/s1. The molecule has 1 fully saturated rings. The first-order valence-electron chi connectivity index (χ1n) is 9.36. The molecule has 0 aromatic rings. The molecule has 5 heteroatoms. The molecule has 0 aromatic heterocycles. The molecule has 0 spiro atoms. The average molecular weight is 352 g/mol. The summed E-state index contributed by atoms with van der Waals surface area (Å²) in [5, 5.41) is 28.9. The molecule has 0 radical (unpaired) electrons. The molecule has 2 aliphatic rings. The number of carbonyl (C=O) groups is 2. The van der Waals surface area contributed by atoms with Crippen molar-refractivity contribution in [2.45, 2.75) is 72.3 Å². The minimum absolute atomic E-state index is 0.0897. The number of aliphatic hydroxyl groups excluding tert-OH is 1. The van der Waals surface area contributed by atoms with Gasteiger partial charge in [0.1, 0.15) is 0 Å². The Kier molecular flexibility index (Phi) is 5.67. The van der Waals surface area contributed by atoms with Crippen LogP contribution in [-0.2, 0) is 9.59 Å². The van der Waals surface area contributed by atoms with E-state index in [-0.39, 0.29) is 23.7 Å². The lowest BCUT2D eigenvalue weighted by molar-refractivity contribution is -0.140. The summed E-state index contributed by atoms with van der Waals surface area (Å²) in [4.78, 5) is 22.7. The Labute approximate surface area is 150 Å². The molecule has 6 atom stereocenters. The first-order valence-corrected chi connectivity index (χ1v) is 9.36. The van der Waals surface area contributed by atoms with Crippen molar-refractivity contribution in [2.24, 2.45) is 28.6 Å². The van der Waals surface area contributed by atoms with Gasteiger partial charge in [-0.3, -0.25) is 4.79 Å². The van der Waals surface area contributed by atoms with Crippen molar-refractivity contribution >= 4 is 11.9 Å². The third kappa shape index (κ3) is 3.76. The highest BCUT2D eigenvalue weighted by Crippen LogP contribution is 2.62. The van der Waals surface area contributed by atoms with Gasteiger partial charge in [-0.15, -0.1) is 0 Å². The molecule has 25 heavy (non-hydrogen) atoms. The Hall–Kier alpha value is -1.36. The monoisotopic (exact) mass is 352 g/mol. The van der Waals surface area contributed by atoms with Gasteiger partial charge in [0.25, 0.3) is 0 Å². The van der Waals surface area contributed by atoms with Crippen molar-refractivity contribution in [2.75, 3.05) is 0 Å². The Balaban J connectivity index is 2.29. The van der Waals surface area contributed by atoms with Crippen LogP contribution in [0.1, 0.15) is 66.2 Å². The van der Waals surface area contributed by atoms with Gasteiger partial charge in [-0.1, -0.05) is 27.7 Å². The Morgan fingerprint density at radius 2 is 1.96 bits per heavy atom. The number of fused-ring (bicyclic) bond motifs is 1. The van der Waals surface area contributed by atoms with Gasteiger partial charge < -0.3 is 15.3 Å². The number of carboxylic acids is 2. The van der Waals surface area contributed by atoms with Gasteiger partial charge >= 0.3 is 11.9 Å². The lowest BCUT2D eigenvalue weighted by atomic mass is 9.46. The maximum atomic E-state index is 11.8. The maximum Gasteiger partial charge on any atom is 0.331 e. The largest absolute Gasteiger partial charge is 0.481 e. The smallest absolute Gasteiger partial charge is 0.331 e. The van der Waals surface area contributed by atoms with Crippen LogP contribution in [0.2, 0.25) is 0 Å². The summed E-state index contributed by atoms with van der Waals surface area (Å²) < 4.78 is 0. The second-order valence-corrected chi connectivity index (χ2v) is 8.85. The van der Waals surface area contributed by atoms with E-state index in [4.69, 9.17) is 5.11 Å². The lowest BCUT2D eigenvalue weighted by Crippen LogP contribution is -2.53. The second-order valence-electron chi connectivity index (χ2n) is 8.85. The van der Waals surface area contributed by atoms with Crippen molar-refractivity contribution in [1.82, 2.24) is 0 Å². The summed E-state index contributed by atoms with van der Waals surface area (Å²) in [6, 6.07) is 0. The van der Waals surface area contributed by atoms with E-state index in [2.05, 4.69) is 13.8 Å².